The quantitative estimate of drug-likeness (QED) is 0.795. The summed E-state index contributed by atoms with van der Waals surface area (Å²) in [6, 6.07) is 7.55. The second-order valence-corrected chi connectivity index (χ2v) is 8.18. The van der Waals surface area contributed by atoms with Crippen molar-refractivity contribution in [1.82, 2.24) is 0 Å². The van der Waals surface area contributed by atoms with Crippen LogP contribution in [0.5, 0.6) is 0 Å². The van der Waals surface area contributed by atoms with Crippen molar-refractivity contribution in [3.8, 4) is 0 Å². The van der Waals surface area contributed by atoms with Crippen molar-refractivity contribution in [1.29, 1.82) is 0 Å². The summed E-state index contributed by atoms with van der Waals surface area (Å²) < 4.78 is 24.4. The van der Waals surface area contributed by atoms with E-state index in [2.05, 4.69) is 23.9 Å². The molecule has 112 valence electrons. The molecule has 4 N–H and O–H groups in total. The minimum absolute atomic E-state index is 0.231. The molecule has 1 atom stereocenters. The van der Waals surface area contributed by atoms with Crippen molar-refractivity contribution in [2.75, 3.05) is 21.5 Å². The van der Waals surface area contributed by atoms with Crippen LogP contribution in [-0.4, -0.2) is 26.0 Å². The standard InChI is InChI=1S/C13H21N3O2S2/c1-13(2)6-7-19-9-12(13)15-10-4-3-5-11(8-10)16-20(14,17)18/h3-5,8,12,15-16H,6-7,9H2,1-2H3,(H2,14,17,18). The average Bonchev–Trinajstić information content (AvgIpc) is 2.30. The second kappa shape index (κ2) is 5.83. The molecule has 1 heterocycles. The van der Waals surface area contributed by atoms with E-state index in [-0.39, 0.29) is 5.41 Å². The predicted molar refractivity (Wildman–Crippen MR) is 86.3 cm³/mol. The average molecular weight is 315 g/mol. The first-order valence-electron chi connectivity index (χ1n) is 6.51. The van der Waals surface area contributed by atoms with Gasteiger partial charge in [0.25, 0.3) is 10.2 Å². The Hall–Kier alpha value is -0.920. The van der Waals surface area contributed by atoms with Gasteiger partial charge in [-0.1, -0.05) is 19.9 Å². The van der Waals surface area contributed by atoms with Gasteiger partial charge < -0.3 is 5.32 Å². The summed E-state index contributed by atoms with van der Waals surface area (Å²) in [5.41, 5.74) is 1.60. The molecule has 1 aliphatic rings. The maximum absolute atomic E-state index is 11.0. The highest BCUT2D eigenvalue weighted by Gasteiger charge is 2.32. The number of rotatable bonds is 4. The number of nitrogens with two attached hydrogens (primary N) is 1. The molecule has 1 unspecified atom stereocenters. The van der Waals surface area contributed by atoms with Gasteiger partial charge in [0, 0.05) is 17.5 Å². The van der Waals surface area contributed by atoms with E-state index in [1.165, 1.54) is 12.2 Å². The number of thioether (sulfide) groups is 1. The minimum atomic E-state index is -3.73. The van der Waals surface area contributed by atoms with Gasteiger partial charge >= 0.3 is 0 Å². The molecule has 0 spiro atoms. The summed E-state index contributed by atoms with van der Waals surface area (Å²) in [5, 5.41) is 8.48. The summed E-state index contributed by atoms with van der Waals surface area (Å²) in [6.07, 6.45) is 1.17. The summed E-state index contributed by atoms with van der Waals surface area (Å²) in [4.78, 5) is 0. The van der Waals surface area contributed by atoms with Crippen LogP contribution in [0, 0.1) is 5.41 Å². The van der Waals surface area contributed by atoms with E-state index in [0.717, 1.165) is 11.4 Å². The van der Waals surface area contributed by atoms with E-state index in [4.69, 9.17) is 5.14 Å². The fraction of sp³-hybridized carbons (Fsp3) is 0.538. The Balaban J connectivity index is 2.11. The lowest BCUT2D eigenvalue weighted by Gasteiger charge is -2.39. The zero-order valence-electron chi connectivity index (χ0n) is 11.7. The van der Waals surface area contributed by atoms with Crippen LogP contribution in [0.15, 0.2) is 24.3 Å². The number of benzene rings is 1. The Labute approximate surface area is 124 Å². The largest absolute Gasteiger partial charge is 0.381 e. The molecule has 1 saturated heterocycles. The van der Waals surface area contributed by atoms with Crippen molar-refractivity contribution >= 4 is 33.3 Å². The van der Waals surface area contributed by atoms with Crippen molar-refractivity contribution in [2.45, 2.75) is 26.3 Å². The molecule has 5 nitrogen and oxygen atoms in total. The van der Waals surface area contributed by atoms with Crippen molar-refractivity contribution in [2.24, 2.45) is 10.6 Å². The van der Waals surface area contributed by atoms with Gasteiger partial charge in [0.05, 0.1) is 5.69 Å². The molecule has 0 radical (unpaired) electrons. The van der Waals surface area contributed by atoms with Gasteiger partial charge in [0.15, 0.2) is 0 Å². The van der Waals surface area contributed by atoms with Gasteiger partial charge in [-0.05, 0) is 35.8 Å². The van der Waals surface area contributed by atoms with Crippen molar-refractivity contribution < 1.29 is 8.42 Å². The van der Waals surface area contributed by atoms with Crippen LogP contribution in [0.4, 0.5) is 11.4 Å². The molecule has 0 bridgehead atoms. The molecule has 0 amide bonds. The third-order valence-electron chi connectivity index (χ3n) is 3.58. The highest BCUT2D eigenvalue weighted by molar-refractivity contribution is 7.99. The van der Waals surface area contributed by atoms with Crippen LogP contribution < -0.4 is 15.2 Å². The number of anilines is 2. The Morgan fingerprint density at radius 2 is 2.05 bits per heavy atom. The number of nitrogens with one attached hydrogen (secondary N) is 2. The molecule has 0 saturated carbocycles. The van der Waals surface area contributed by atoms with E-state index in [0.29, 0.717) is 11.7 Å². The second-order valence-electron chi connectivity index (χ2n) is 5.74. The molecular weight excluding hydrogens is 294 g/mol. The summed E-state index contributed by atoms with van der Waals surface area (Å²) in [5.74, 6) is 2.25. The third-order valence-corrected chi connectivity index (χ3v) is 5.16. The van der Waals surface area contributed by atoms with E-state index in [9.17, 15) is 8.42 Å². The highest BCUT2D eigenvalue weighted by Crippen LogP contribution is 2.36. The third kappa shape index (κ3) is 4.29. The topological polar surface area (TPSA) is 84.2 Å². The molecule has 7 heteroatoms. The predicted octanol–water partition coefficient (Wildman–Crippen LogP) is 2.25. The Morgan fingerprint density at radius 1 is 1.35 bits per heavy atom. The van der Waals surface area contributed by atoms with Gasteiger partial charge in [-0.2, -0.15) is 20.2 Å². The lowest BCUT2D eigenvalue weighted by molar-refractivity contribution is 0.305. The van der Waals surface area contributed by atoms with Crippen LogP contribution in [0.1, 0.15) is 20.3 Å². The SMILES string of the molecule is CC1(C)CCSCC1Nc1cccc(NS(N)(=O)=O)c1. The van der Waals surface area contributed by atoms with Gasteiger partial charge in [0.1, 0.15) is 0 Å². The first-order valence-corrected chi connectivity index (χ1v) is 9.21. The first kappa shape index (κ1) is 15.5. The molecule has 0 aliphatic carbocycles. The Morgan fingerprint density at radius 3 is 2.70 bits per heavy atom. The van der Waals surface area contributed by atoms with E-state index < -0.39 is 10.2 Å². The maximum Gasteiger partial charge on any atom is 0.296 e. The molecule has 1 aromatic carbocycles. The minimum Gasteiger partial charge on any atom is -0.381 e. The van der Waals surface area contributed by atoms with Crippen molar-refractivity contribution in [3.05, 3.63) is 24.3 Å². The van der Waals surface area contributed by atoms with Crippen LogP contribution in [0.25, 0.3) is 0 Å². The summed E-state index contributed by atoms with van der Waals surface area (Å²) >= 11 is 1.94. The fourth-order valence-electron chi connectivity index (χ4n) is 2.21. The zero-order valence-corrected chi connectivity index (χ0v) is 13.4. The smallest absolute Gasteiger partial charge is 0.296 e. The summed E-state index contributed by atoms with van der Waals surface area (Å²) in [7, 11) is -3.73. The molecule has 1 aliphatic heterocycles. The lowest BCUT2D eigenvalue weighted by atomic mass is 9.82. The zero-order chi connectivity index (χ0) is 14.8. The normalized spacial score (nSPS) is 22.2. The van der Waals surface area contributed by atoms with E-state index in [1.54, 1.807) is 18.2 Å². The Kier molecular flexibility index (Phi) is 4.51. The van der Waals surface area contributed by atoms with Gasteiger partial charge in [-0.3, -0.25) is 4.72 Å². The van der Waals surface area contributed by atoms with Gasteiger partial charge in [-0.25, -0.2) is 5.14 Å². The molecule has 20 heavy (non-hydrogen) atoms. The molecular formula is C13H21N3O2S2. The Bertz CT molecular complexity index is 573. The van der Waals surface area contributed by atoms with Crippen LogP contribution in [0.2, 0.25) is 0 Å². The van der Waals surface area contributed by atoms with Crippen LogP contribution in [0.3, 0.4) is 0 Å². The molecule has 1 fully saturated rings. The van der Waals surface area contributed by atoms with E-state index >= 15 is 0 Å². The maximum atomic E-state index is 11.0. The van der Waals surface area contributed by atoms with Crippen LogP contribution >= 0.6 is 11.8 Å². The van der Waals surface area contributed by atoms with E-state index in [1.807, 2.05) is 17.8 Å². The van der Waals surface area contributed by atoms with Crippen LogP contribution in [-0.2, 0) is 10.2 Å². The van der Waals surface area contributed by atoms with Crippen molar-refractivity contribution in [3.63, 3.8) is 0 Å². The lowest BCUT2D eigenvalue weighted by Crippen LogP contribution is -2.41. The van der Waals surface area contributed by atoms with Gasteiger partial charge in [-0.15, -0.1) is 0 Å². The first-order chi connectivity index (χ1) is 9.26. The monoisotopic (exact) mass is 315 g/mol. The molecule has 2 rings (SSSR count). The number of hydrogen-bond donors (Lipinski definition) is 3. The highest BCUT2D eigenvalue weighted by atomic mass is 32.2. The summed E-state index contributed by atoms with van der Waals surface area (Å²) in [6.45, 7) is 4.52. The van der Waals surface area contributed by atoms with Gasteiger partial charge in [0.2, 0.25) is 0 Å². The molecule has 1 aromatic rings. The number of hydrogen-bond acceptors (Lipinski definition) is 4. The fourth-order valence-corrected chi connectivity index (χ4v) is 4.27. The molecule has 0 aromatic heterocycles.